The van der Waals surface area contributed by atoms with Gasteiger partial charge in [-0.15, -0.1) is 11.3 Å². The summed E-state index contributed by atoms with van der Waals surface area (Å²) in [5.41, 5.74) is 0.382. The molecule has 0 amide bonds. The Morgan fingerprint density at radius 2 is 2.12 bits per heavy atom. The molecule has 0 radical (unpaired) electrons. The van der Waals surface area contributed by atoms with Crippen LogP contribution in [0.1, 0.15) is 5.01 Å². The van der Waals surface area contributed by atoms with Gasteiger partial charge in [0.1, 0.15) is 9.79 Å². The molecule has 0 fully saturated rings. The zero-order valence-corrected chi connectivity index (χ0v) is 10.3. The zero-order valence-electron chi connectivity index (χ0n) is 7.88. The van der Waals surface area contributed by atoms with Crippen LogP contribution >= 0.6 is 35.2 Å². The molecule has 2 aromatic rings. The molecule has 0 bridgehead atoms. The molecule has 0 unspecified atom stereocenters. The van der Waals surface area contributed by atoms with E-state index in [4.69, 9.17) is 23.8 Å². The lowest BCUT2D eigenvalue weighted by atomic mass is 10.3. The van der Waals surface area contributed by atoms with E-state index in [0.717, 1.165) is 6.20 Å². The van der Waals surface area contributed by atoms with E-state index < -0.39 is 11.2 Å². The number of aromatic amines is 1. The Bertz CT molecular complexity index is 605. The number of rotatable bonds is 1. The van der Waals surface area contributed by atoms with Crippen molar-refractivity contribution in [1.29, 1.82) is 0 Å². The number of aromatic nitrogens is 3. The van der Waals surface area contributed by atoms with Gasteiger partial charge in [0.15, 0.2) is 5.01 Å². The first-order valence-electron chi connectivity index (χ1n) is 4.16. The van der Waals surface area contributed by atoms with Crippen LogP contribution in [0, 0.1) is 4.64 Å². The van der Waals surface area contributed by atoms with Crippen molar-refractivity contribution in [3.63, 3.8) is 0 Å². The lowest BCUT2D eigenvalue weighted by Crippen LogP contribution is -2.02. The van der Waals surface area contributed by atoms with E-state index in [-0.39, 0.29) is 9.79 Å². The van der Waals surface area contributed by atoms with E-state index in [1.165, 1.54) is 6.07 Å². The third-order valence-electron chi connectivity index (χ3n) is 1.79. The molecule has 0 aromatic carbocycles. The Morgan fingerprint density at radius 1 is 1.41 bits per heavy atom. The van der Waals surface area contributed by atoms with Gasteiger partial charge in [-0.25, -0.2) is 4.98 Å². The van der Waals surface area contributed by atoms with Gasteiger partial charge in [-0.3, -0.25) is 5.10 Å². The molecule has 90 valence electrons. The van der Waals surface area contributed by atoms with E-state index in [0.29, 0.717) is 21.8 Å². The highest BCUT2D eigenvalue weighted by Crippen LogP contribution is 2.36. The molecule has 0 saturated heterocycles. The number of nitrogens with zero attached hydrogens (tertiary/aromatic N) is 2. The summed E-state index contributed by atoms with van der Waals surface area (Å²) in [6.07, 6.45) is -3.34. The normalized spacial score (nSPS) is 11.8. The van der Waals surface area contributed by atoms with Crippen LogP contribution in [0.25, 0.3) is 10.4 Å². The first-order valence-corrected chi connectivity index (χ1v) is 5.77. The monoisotopic (exact) mass is 297 g/mol. The van der Waals surface area contributed by atoms with Gasteiger partial charge < -0.3 is 0 Å². The molecule has 0 atom stereocenters. The Morgan fingerprint density at radius 3 is 2.71 bits per heavy atom. The van der Waals surface area contributed by atoms with E-state index in [1.54, 1.807) is 0 Å². The SMILES string of the molecule is FC(F)(F)c1ncc(-c2cc(Cl)n[nH]c2=S)s1. The predicted molar refractivity (Wildman–Crippen MR) is 60.5 cm³/mol. The molecule has 2 aromatic heterocycles. The maximum Gasteiger partial charge on any atom is 0.443 e. The van der Waals surface area contributed by atoms with Gasteiger partial charge in [0.2, 0.25) is 0 Å². The van der Waals surface area contributed by atoms with Crippen molar-refractivity contribution in [2.24, 2.45) is 0 Å². The highest BCUT2D eigenvalue weighted by atomic mass is 35.5. The maximum atomic E-state index is 12.4. The minimum absolute atomic E-state index is 0.121. The van der Waals surface area contributed by atoms with Gasteiger partial charge in [0.25, 0.3) is 0 Å². The van der Waals surface area contributed by atoms with Crippen molar-refractivity contribution >= 4 is 35.2 Å². The van der Waals surface area contributed by atoms with E-state index in [2.05, 4.69) is 15.2 Å². The fourth-order valence-corrected chi connectivity index (χ4v) is 2.33. The molecule has 17 heavy (non-hydrogen) atoms. The van der Waals surface area contributed by atoms with Crippen LogP contribution in [0.3, 0.4) is 0 Å². The van der Waals surface area contributed by atoms with Gasteiger partial charge in [-0.1, -0.05) is 23.8 Å². The summed E-state index contributed by atoms with van der Waals surface area (Å²) >= 11 is 11.1. The minimum Gasteiger partial charge on any atom is -0.266 e. The third-order valence-corrected chi connectivity index (χ3v) is 3.37. The molecular formula is C8H3ClF3N3S2. The zero-order chi connectivity index (χ0) is 12.6. The Kier molecular flexibility index (Phi) is 3.19. The topological polar surface area (TPSA) is 41.6 Å². The number of thiazole rings is 1. The molecule has 2 heterocycles. The standard InChI is InChI=1S/C8H3ClF3N3S2/c9-5-1-3(6(16)15-14-5)4-2-13-7(17-4)8(10,11)12/h1-2H,(H,15,16). The van der Waals surface area contributed by atoms with Crippen molar-refractivity contribution in [1.82, 2.24) is 15.2 Å². The van der Waals surface area contributed by atoms with Crippen LogP contribution in [0.2, 0.25) is 5.15 Å². The second kappa shape index (κ2) is 4.35. The number of hydrogen-bond acceptors (Lipinski definition) is 4. The molecule has 2 rings (SSSR count). The summed E-state index contributed by atoms with van der Waals surface area (Å²) in [7, 11) is 0. The van der Waals surface area contributed by atoms with Crippen LogP contribution < -0.4 is 0 Å². The van der Waals surface area contributed by atoms with Crippen LogP contribution in [-0.2, 0) is 6.18 Å². The van der Waals surface area contributed by atoms with Crippen molar-refractivity contribution in [2.75, 3.05) is 0 Å². The van der Waals surface area contributed by atoms with Crippen molar-refractivity contribution in [2.45, 2.75) is 6.18 Å². The van der Waals surface area contributed by atoms with Crippen molar-refractivity contribution in [3.8, 4) is 10.4 Å². The van der Waals surface area contributed by atoms with Crippen LogP contribution in [0.5, 0.6) is 0 Å². The van der Waals surface area contributed by atoms with E-state index >= 15 is 0 Å². The van der Waals surface area contributed by atoms with Crippen LogP contribution in [0.4, 0.5) is 13.2 Å². The molecule has 0 spiro atoms. The first-order chi connectivity index (χ1) is 7.88. The van der Waals surface area contributed by atoms with Crippen molar-refractivity contribution in [3.05, 3.63) is 27.1 Å². The fourth-order valence-electron chi connectivity index (χ4n) is 1.09. The maximum absolute atomic E-state index is 12.4. The lowest BCUT2D eigenvalue weighted by molar-refractivity contribution is -0.137. The predicted octanol–water partition coefficient (Wildman–Crippen LogP) is 3.93. The van der Waals surface area contributed by atoms with E-state index in [9.17, 15) is 13.2 Å². The summed E-state index contributed by atoms with van der Waals surface area (Å²) in [6.45, 7) is 0. The Balaban J connectivity index is 2.51. The molecule has 3 nitrogen and oxygen atoms in total. The van der Waals surface area contributed by atoms with Crippen LogP contribution in [0.15, 0.2) is 12.3 Å². The van der Waals surface area contributed by atoms with Gasteiger partial charge in [0, 0.05) is 11.8 Å². The largest absolute Gasteiger partial charge is 0.443 e. The van der Waals surface area contributed by atoms with Gasteiger partial charge >= 0.3 is 6.18 Å². The first kappa shape index (κ1) is 12.5. The molecule has 0 aliphatic heterocycles. The highest BCUT2D eigenvalue weighted by Gasteiger charge is 2.34. The number of halogens is 4. The lowest BCUT2D eigenvalue weighted by Gasteiger charge is -1.99. The average molecular weight is 298 g/mol. The molecular weight excluding hydrogens is 295 g/mol. The Hall–Kier alpha value is -0.990. The number of nitrogens with one attached hydrogen (secondary N) is 1. The second-order valence-corrected chi connectivity index (χ2v) is 4.79. The van der Waals surface area contributed by atoms with Crippen molar-refractivity contribution < 1.29 is 13.2 Å². The third kappa shape index (κ3) is 2.64. The fraction of sp³-hybridized carbons (Fsp3) is 0.125. The highest BCUT2D eigenvalue weighted by molar-refractivity contribution is 7.71. The van der Waals surface area contributed by atoms with Gasteiger partial charge in [0.05, 0.1) is 4.88 Å². The average Bonchev–Trinajstić information content (AvgIpc) is 2.70. The Labute approximate surface area is 107 Å². The van der Waals surface area contributed by atoms with E-state index in [1.807, 2.05) is 0 Å². The number of alkyl halides is 3. The number of H-pyrrole nitrogens is 1. The minimum atomic E-state index is -4.45. The van der Waals surface area contributed by atoms with Gasteiger partial charge in [-0.05, 0) is 6.07 Å². The van der Waals surface area contributed by atoms with Gasteiger partial charge in [-0.2, -0.15) is 18.3 Å². The summed E-state index contributed by atoms with van der Waals surface area (Å²) in [5, 5.41) is 5.26. The smallest absolute Gasteiger partial charge is 0.266 e. The molecule has 1 N–H and O–H groups in total. The van der Waals surface area contributed by atoms with Crippen LogP contribution in [-0.4, -0.2) is 15.2 Å². The molecule has 9 heteroatoms. The number of hydrogen-bond donors (Lipinski definition) is 1. The summed E-state index contributed by atoms with van der Waals surface area (Å²) in [6, 6.07) is 1.40. The molecule has 0 saturated carbocycles. The summed E-state index contributed by atoms with van der Waals surface area (Å²) < 4.78 is 37.3. The molecule has 0 aliphatic rings. The summed E-state index contributed by atoms with van der Waals surface area (Å²) in [4.78, 5) is 3.60. The summed E-state index contributed by atoms with van der Waals surface area (Å²) in [5.74, 6) is 0. The quantitative estimate of drug-likeness (QED) is 0.811. The second-order valence-electron chi connectivity index (χ2n) is 2.96. The molecule has 0 aliphatic carbocycles.